The molecular formula is C23H25BrN4O. The number of halogens is 1. The van der Waals surface area contributed by atoms with Crippen LogP contribution in [0.15, 0.2) is 53.1 Å². The fourth-order valence-corrected chi connectivity index (χ4v) is 4.39. The highest BCUT2D eigenvalue weighted by molar-refractivity contribution is 9.10. The third kappa shape index (κ3) is 4.14. The zero-order valence-electron chi connectivity index (χ0n) is 16.8. The number of likely N-dealkylation sites (N-methyl/N-ethyl adjacent to an activating group) is 1. The fraction of sp³-hybridized carbons (Fsp3) is 0.304. The van der Waals surface area contributed by atoms with Crippen LogP contribution in [0.2, 0.25) is 0 Å². The van der Waals surface area contributed by atoms with Crippen LogP contribution in [0.3, 0.4) is 0 Å². The molecule has 0 bridgehead atoms. The lowest BCUT2D eigenvalue weighted by molar-refractivity contribution is 0.102. The predicted octanol–water partition coefficient (Wildman–Crippen LogP) is 4.70. The molecule has 0 radical (unpaired) electrons. The van der Waals surface area contributed by atoms with Gasteiger partial charge in [0.2, 0.25) is 0 Å². The number of pyridine rings is 1. The first-order valence-electron chi connectivity index (χ1n) is 9.99. The SMILES string of the molecule is CCN1CCN(c2ncc(C(=O)Nc3ccc(C)cc3Br)c3ccccc23)CC1. The summed E-state index contributed by atoms with van der Waals surface area (Å²) < 4.78 is 0.869. The molecule has 1 fully saturated rings. The molecule has 29 heavy (non-hydrogen) atoms. The van der Waals surface area contributed by atoms with E-state index >= 15 is 0 Å². The van der Waals surface area contributed by atoms with Gasteiger partial charge in [-0.2, -0.15) is 0 Å². The maximum Gasteiger partial charge on any atom is 0.257 e. The molecule has 3 aromatic rings. The predicted molar refractivity (Wildman–Crippen MR) is 123 cm³/mol. The highest BCUT2D eigenvalue weighted by Crippen LogP contribution is 2.29. The van der Waals surface area contributed by atoms with E-state index in [1.54, 1.807) is 6.20 Å². The summed E-state index contributed by atoms with van der Waals surface area (Å²) in [7, 11) is 0. The Bertz CT molecular complexity index is 1040. The van der Waals surface area contributed by atoms with Crippen molar-refractivity contribution in [2.45, 2.75) is 13.8 Å². The van der Waals surface area contributed by atoms with Crippen LogP contribution in [0.1, 0.15) is 22.8 Å². The Balaban J connectivity index is 1.65. The molecule has 4 rings (SSSR count). The van der Waals surface area contributed by atoms with Crippen LogP contribution in [0, 0.1) is 6.92 Å². The Hall–Kier alpha value is -2.44. The van der Waals surface area contributed by atoms with Crippen LogP contribution in [0.5, 0.6) is 0 Å². The van der Waals surface area contributed by atoms with Crippen molar-refractivity contribution < 1.29 is 4.79 Å². The van der Waals surface area contributed by atoms with E-state index in [4.69, 9.17) is 4.98 Å². The minimum Gasteiger partial charge on any atom is -0.354 e. The highest BCUT2D eigenvalue weighted by Gasteiger charge is 2.21. The Kier molecular flexibility index (Phi) is 5.83. The van der Waals surface area contributed by atoms with Gasteiger partial charge in [-0.05, 0) is 52.5 Å². The molecule has 5 nitrogen and oxygen atoms in total. The molecule has 1 N–H and O–H groups in total. The lowest BCUT2D eigenvalue weighted by Crippen LogP contribution is -2.46. The molecule has 1 saturated heterocycles. The smallest absolute Gasteiger partial charge is 0.257 e. The van der Waals surface area contributed by atoms with Crippen molar-refractivity contribution in [3.8, 4) is 0 Å². The number of aromatic nitrogens is 1. The summed E-state index contributed by atoms with van der Waals surface area (Å²) in [4.78, 5) is 22.5. The fourth-order valence-electron chi connectivity index (χ4n) is 3.80. The summed E-state index contributed by atoms with van der Waals surface area (Å²) in [5.41, 5.74) is 2.47. The van der Waals surface area contributed by atoms with Gasteiger partial charge in [-0.25, -0.2) is 4.98 Å². The van der Waals surface area contributed by atoms with Crippen molar-refractivity contribution >= 4 is 44.1 Å². The maximum atomic E-state index is 13.0. The van der Waals surface area contributed by atoms with Gasteiger partial charge in [0.25, 0.3) is 5.91 Å². The lowest BCUT2D eigenvalue weighted by Gasteiger charge is -2.35. The van der Waals surface area contributed by atoms with E-state index in [1.165, 1.54) is 0 Å². The molecule has 0 atom stereocenters. The van der Waals surface area contributed by atoms with Crippen molar-refractivity contribution in [2.24, 2.45) is 0 Å². The molecule has 2 aromatic carbocycles. The molecule has 0 aliphatic carbocycles. The zero-order valence-corrected chi connectivity index (χ0v) is 18.4. The van der Waals surface area contributed by atoms with E-state index < -0.39 is 0 Å². The molecular weight excluding hydrogens is 428 g/mol. The number of hydrogen-bond acceptors (Lipinski definition) is 4. The molecule has 0 unspecified atom stereocenters. The second-order valence-corrected chi connectivity index (χ2v) is 8.25. The quantitative estimate of drug-likeness (QED) is 0.622. The number of amides is 1. The third-order valence-corrected chi connectivity index (χ3v) is 6.17. The monoisotopic (exact) mass is 452 g/mol. The second kappa shape index (κ2) is 8.51. The first-order valence-corrected chi connectivity index (χ1v) is 10.8. The van der Waals surface area contributed by atoms with Gasteiger partial charge in [-0.1, -0.05) is 37.3 Å². The molecule has 0 saturated carbocycles. The van der Waals surface area contributed by atoms with Crippen LogP contribution in [-0.2, 0) is 0 Å². The topological polar surface area (TPSA) is 48.5 Å². The van der Waals surface area contributed by atoms with Gasteiger partial charge in [0, 0.05) is 42.2 Å². The Morgan fingerprint density at radius 3 is 2.52 bits per heavy atom. The molecule has 2 heterocycles. The van der Waals surface area contributed by atoms with Gasteiger partial charge in [0.15, 0.2) is 0 Å². The Morgan fingerprint density at radius 1 is 1.10 bits per heavy atom. The van der Waals surface area contributed by atoms with Crippen molar-refractivity contribution in [1.29, 1.82) is 0 Å². The lowest BCUT2D eigenvalue weighted by atomic mass is 10.1. The highest BCUT2D eigenvalue weighted by atomic mass is 79.9. The number of fused-ring (bicyclic) bond motifs is 1. The average Bonchev–Trinajstić information content (AvgIpc) is 2.75. The van der Waals surface area contributed by atoms with Crippen molar-refractivity contribution in [3.63, 3.8) is 0 Å². The molecule has 1 amide bonds. The van der Waals surface area contributed by atoms with Crippen LogP contribution in [0.4, 0.5) is 11.5 Å². The molecule has 6 heteroatoms. The van der Waals surface area contributed by atoms with Crippen molar-refractivity contribution in [1.82, 2.24) is 9.88 Å². The van der Waals surface area contributed by atoms with Gasteiger partial charge >= 0.3 is 0 Å². The Labute approximate surface area is 179 Å². The van der Waals surface area contributed by atoms with E-state index in [2.05, 4.69) is 44.0 Å². The summed E-state index contributed by atoms with van der Waals surface area (Å²) in [5.74, 6) is 0.810. The zero-order chi connectivity index (χ0) is 20.4. The largest absolute Gasteiger partial charge is 0.354 e. The number of hydrogen-bond donors (Lipinski definition) is 1. The van der Waals surface area contributed by atoms with Gasteiger partial charge in [-0.15, -0.1) is 0 Å². The molecule has 150 valence electrons. The first kappa shape index (κ1) is 19.9. The standard InChI is InChI=1S/C23H25BrN4O/c1-3-27-10-12-28(13-11-27)22-18-7-5-4-6-17(18)19(15-25-22)23(29)26-21-9-8-16(2)14-20(21)24/h4-9,14-15H,3,10-13H2,1-2H3,(H,26,29). The van der Waals surface area contributed by atoms with Crippen molar-refractivity contribution in [2.75, 3.05) is 42.9 Å². The second-order valence-electron chi connectivity index (χ2n) is 7.40. The number of aryl methyl sites for hydroxylation is 1. The normalized spacial score (nSPS) is 14.9. The van der Waals surface area contributed by atoms with Gasteiger partial charge in [0.1, 0.15) is 5.82 Å². The van der Waals surface area contributed by atoms with E-state index in [0.717, 1.165) is 65.0 Å². The van der Waals surface area contributed by atoms with Crippen molar-refractivity contribution in [3.05, 3.63) is 64.3 Å². The minimum atomic E-state index is -0.152. The molecule has 1 aliphatic heterocycles. The minimum absolute atomic E-state index is 0.152. The molecule has 1 aliphatic rings. The number of carbonyl (C=O) groups excluding carboxylic acids is 1. The summed E-state index contributed by atoms with van der Waals surface area (Å²) >= 11 is 3.53. The molecule has 0 spiro atoms. The van der Waals surface area contributed by atoms with Gasteiger partial charge in [0.05, 0.1) is 11.3 Å². The summed E-state index contributed by atoms with van der Waals surface area (Å²) in [5, 5.41) is 4.96. The molecule has 1 aromatic heterocycles. The Morgan fingerprint density at radius 2 is 1.83 bits per heavy atom. The third-order valence-electron chi connectivity index (χ3n) is 5.51. The number of carbonyl (C=O) groups is 1. The maximum absolute atomic E-state index is 13.0. The number of rotatable bonds is 4. The summed E-state index contributed by atoms with van der Waals surface area (Å²) in [6.07, 6.45) is 1.71. The first-order chi connectivity index (χ1) is 14.1. The summed E-state index contributed by atoms with van der Waals surface area (Å²) in [6.45, 7) is 9.28. The number of anilines is 2. The van der Waals surface area contributed by atoms with Crippen LogP contribution < -0.4 is 10.2 Å². The van der Waals surface area contributed by atoms with Gasteiger partial charge < -0.3 is 15.1 Å². The van der Waals surface area contributed by atoms with Crippen LogP contribution in [-0.4, -0.2) is 48.5 Å². The summed E-state index contributed by atoms with van der Waals surface area (Å²) in [6, 6.07) is 13.9. The van der Waals surface area contributed by atoms with Gasteiger partial charge in [-0.3, -0.25) is 4.79 Å². The number of piperazine rings is 1. The number of benzene rings is 2. The van der Waals surface area contributed by atoms with E-state index in [9.17, 15) is 4.79 Å². The van der Waals surface area contributed by atoms with E-state index in [1.807, 2.05) is 43.3 Å². The number of nitrogens with zero attached hydrogens (tertiary/aromatic N) is 3. The average molecular weight is 453 g/mol. The number of nitrogens with one attached hydrogen (secondary N) is 1. The van der Waals surface area contributed by atoms with Crippen LogP contribution in [0.25, 0.3) is 10.8 Å². The van der Waals surface area contributed by atoms with Crippen LogP contribution >= 0.6 is 15.9 Å². The van der Waals surface area contributed by atoms with E-state index in [-0.39, 0.29) is 5.91 Å². The van der Waals surface area contributed by atoms with E-state index in [0.29, 0.717) is 5.56 Å².